The zero-order chi connectivity index (χ0) is 11.7. The summed E-state index contributed by atoms with van der Waals surface area (Å²) < 4.78 is 0. The second kappa shape index (κ2) is 4.46. The van der Waals surface area contributed by atoms with Crippen molar-refractivity contribution in [3.63, 3.8) is 0 Å². The van der Waals surface area contributed by atoms with Gasteiger partial charge in [-0.1, -0.05) is 18.7 Å². The number of nitrogens with zero attached hydrogens (tertiary/aromatic N) is 1. The molecule has 0 spiro atoms. The molecular formula is C15H18N2. The molecule has 3 rings (SSSR count). The van der Waals surface area contributed by atoms with Crippen molar-refractivity contribution in [1.29, 1.82) is 0 Å². The molecule has 88 valence electrons. The second-order valence-corrected chi connectivity index (χ2v) is 4.99. The molecule has 1 aliphatic carbocycles. The van der Waals surface area contributed by atoms with E-state index >= 15 is 0 Å². The van der Waals surface area contributed by atoms with Crippen molar-refractivity contribution < 1.29 is 0 Å². The maximum atomic E-state index is 4.28. The SMILES string of the molecule is C=Cc1cncc(C2=CC3NCCCC3C2)c1. The molecular weight excluding hydrogens is 208 g/mol. The first kappa shape index (κ1) is 10.7. The standard InChI is InChI=1S/C15H18N2/c1-2-11-6-14(10-16-9-11)13-7-12-4-3-5-17-15(12)8-13/h2,6,8-10,12,15,17H,1,3-5,7H2. The van der Waals surface area contributed by atoms with Gasteiger partial charge in [-0.25, -0.2) is 0 Å². The van der Waals surface area contributed by atoms with Gasteiger partial charge < -0.3 is 5.32 Å². The number of hydrogen-bond donors (Lipinski definition) is 1. The van der Waals surface area contributed by atoms with Crippen LogP contribution in [0.15, 0.2) is 31.1 Å². The van der Waals surface area contributed by atoms with Gasteiger partial charge in [-0.2, -0.15) is 0 Å². The third kappa shape index (κ3) is 2.05. The Hall–Kier alpha value is -1.41. The number of fused-ring (bicyclic) bond motifs is 1. The fourth-order valence-corrected chi connectivity index (χ4v) is 2.93. The van der Waals surface area contributed by atoms with Gasteiger partial charge in [-0.15, -0.1) is 0 Å². The summed E-state index contributed by atoms with van der Waals surface area (Å²) in [5.41, 5.74) is 3.82. The van der Waals surface area contributed by atoms with Crippen molar-refractivity contribution in [2.75, 3.05) is 6.54 Å². The Morgan fingerprint density at radius 1 is 1.41 bits per heavy atom. The number of piperidine rings is 1. The van der Waals surface area contributed by atoms with E-state index in [9.17, 15) is 0 Å². The van der Waals surface area contributed by atoms with E-state index in [0.29, 0.717) is 6.04 Å². The average molecular weight is 226 g/mol. The van der Waals surface area contributed by atoms with Crippen LogP contribution in [0.3, 0.4) is 0 Å². The molecule has 1 saturated heterocycles. The molecule has 0 amide bonds. The molecule has 0 aromatic carbocycles. The van der Waals surface area contributed by atoms with Gasteiger partial charge >= 0.3 is 0 Å². The van der Waals surface area contributed by atoms with E-state index in [0.717, 1.165) is 18.0 Å². The maximum Gasteiger partial charge on any atom is 0.0343 e. The van der Waals surface area contributed by atoms with Gasteiger partial charge in [0.1, 0.15) is 0 Å². The highest BCUT2D eigenvalue weighted by Crippen LogP contribution is 2.36. The van der Waals surface area contributed by atoms with Crippen molar-refractivity contribution in [3.05, 3.63) is 42.2 Å². The fraction of sp³-hybridized carbons (Fsp3) is 0.400. The second-order valence-electron chi connectivity index (χ2n) is 4.99. The third-order valence-corrected chi connectivity index (χ3v) is 3.87. The van der Waals surface area contributed by atoms with Crippen LogP contribution in [-0.4, -0.2) is 17.6 Å². The molecule has 2 atom stereocenters. The monoisotopic (exact) mass is 226 g/mol. The molecule has 2 aliphatic rings. The smallest absolute Gasteiger partial charge is 0.0343 e. The highest BCUT2D eigenvalue weighted by atomic mass is 14.9. The van der Waals surface area contributed by atoms with E-state index in [2.05, 4.69) is 29.0 Å². The lowest BCUT2D eigenvalue weighted by Crippen LogP contribution is -2.37. The Bertz CT molecular complexity index is 462. The molecule has 2 nitrogen and oxygen atoms in total. The van der Waals surface area contributed by atoms with Crippen LogP contribution in [0.25, 0.3) is 11.6 Å². The zero-order valence-corrected chi connectivity index (χ0v) is 10.0. The van der Waals surface area contributed by atoms with E-state index in [1.165, 1.54) is 30.4 Å². The highest BCUT2D eigenvalue weighted by Gasteiger charge is 2.29. The Morgan fingerprint density at radius 2 is 2.35 bits per heavy atom. The summed E-state index contributed by atoms with van der Waals surface area (Å²) in [6.45, 7) is 4.96. The predicted molar refractivity (Wildman–Crippen MR) is 71.4 cm³/mol. The first-order valence-electron chi connectivity index (χ1n) is 6.39. The van der Waals surface area contributed by atoms with Crippen molar-refractivity contribution in [3.8, 4) is 0 Å². The summed E-state index contributed by atoms with van der Waals surface area (Å²) in [5, 5.41) is 3.59. The average Bonchev–Trinajstić information content (AvgIpc) is 2.82. The molecule has 0 radical (unpaired) electrons. The number of allylic oxidation sites excluding steroid dienone is 1. The summed E-state index contributed by atoms with van der Waals surface area (Å²) in [6.07, 6.45) is 11.9. The van der Waals surface area contributed by atoms with Crippen LogP contribution in [-0.2, 0) is 0 Å². The first-order valence-corrected chi connectivity index (χ1v) is 6.39. The Kier molecular flexibility index (Phi) is 2.81. The topological polar surface area (TPSA) is 24.9 Å². The van der Waals surface area contributed by atoms with Crippen LogP contribution in [0.4, 0.5) is 0 Å². The predicted octanol–water partition coefficient (Wildman–Crippen LogP) is 2.88. The van der Waals surface area contributed by atoms with Gasteiger partial charge in [0.05, 0.1) is 0 Å². The molecule has 0 bridgehead atoms. The van der Waals surface area contributed by atoms with Crippen molar-refractivity contribution in [2.24, 2.45) is 5.92 Å². The first-order chi connectivity index (χ1) is 8.36. The van der Waals surface area contributed by atoms with Gasteiger partial charge in [0.15, 0.2) is 0 Å². The lowest BCUT2D eigenvalue weighted by Gasteiger charge is -2.25. The van der Waals surface area contributed by atoms with E-state index < -0.39 is 0 Å². The van der Waals surface area contributed by atoms with Crippen molar-refractivity contribution in [1.82, 2.24) is 10.3 Å². The van der Waals surface area contributed by atoms with Gasteiger partial charge in [-0.3, -0.25) is 4.98 Å². The van der Waals surface area contributed by atoms with Crippen LogP contribution in [0.5, 0.6) is 0 Å². The summed E-state index contributed by atoms with van der Waals surface area (Å²) >= 11 is 0. The molecule has 2 heterocycles. The van der Waals surface area contributed by atoms with Crippen molar-refractivity contribution in [2.45, 2.75) is 25.3 Å². The van der Waals surface area contributed by atoms with E-state index in [1.54, 1.807) is 0 Å². The van der Waals surface area contributed by atoms with Crippen LogP contribution in [0.2, 0.25) is 0 Å². The minimum Gasteiger partial charge on any atom is -0.310 e. The largest absolute Gasteiger partial charge is 0.310 e. The minimum absolute atomic E-state index is 0.589. The lowest BCUT2D eigenvalue weighted by molar-refractivity contribution is 0.341. The van der Waals surface area contributed by atoms with Gasteiger partial charge in [0, 0.05) is 18.4 Å². The van der Waals surface area contributed by atoms with E-state index in [1.807, 2.05) is 18.5 Å². The number of hydrogen-bond acceptors (Lipinski definition) is 2. The van der Waals surface area contributed by atoms with E-state index in [-0.39, 0.29) is 0 Å². The number of pyridine rings is 1. The Balaban J connectivity index is 1.87. The van der Waals surface area contributed by atoms with Crippen LogP contribution in [0, 0.1) is 5.92 Å². The van der Waals surface area contributed by atoms with Crippen LogP contribution in [0.1, 0.15) is 30.4 Å². The van der Waals surface area contributed by atoms with Crippen molar-refractivity contribution >= 4 is 11.6 Å². The Labute approximate surface area is 102 Å². The van der Waals surface area contributed by atoms with Crippen LogP contribution >= 0.6 is 0 Å². The summed E-state index contributed by atoms with van der Waals surface area (Å²) in [4.78, 5) is 4.28. The highest BCUT2D eigenvalue weighted by molar-refractivity contribution is 5.70. The molecule has 17 heavy (non-hydrogen) atoms. The molecule has 2 unspecified atom stereocenters. The summed E-state index contributed by atoms with van der Waals surface area (Å²) in [5.74, 6) is 0.797. The molecule has 1 aliphatic heterocycles. The third-order valence-electron chi connectivity index (χ3n) is 3.87. The lowest BCUT2D eigenvalue weighted by atomic mass is 9.92. The maximum absolute atomic E-state index is 4.28. The molecule has 1 fully saturated rings. The Morgan fingerprint density at radius 3 is 3.18 bits per heavy atom. The molecule has 1 aromatic rings. The van der Waals surface area contributed by atoms with Gasteiger partial charge in [0.2, 0.25) is 0 Å². The summed E-state index contributed by atoms with van der Waals surface area (Å²) in [6, 6.07) is 2.77. The van der Waals surface area contributed by atoms with Crippen LogP contribution < -0.4 is 5.32 Å². The molecule has 1 N–H and O–H groups in total. The summed E-state index contributed by atoms with van der Waals surface area (Å²) in [7, 11) is 0. The molecule has 2 heteroatoms. The minimum atomic E-state index is 0.589. The number of rotatable bonds is 2. The van der Waals surface area contributed by atoms with Gasteiger partial charge in [0.25, 0.3) is 0 Å². The molecule has 1 aromatic heterocycles. The fourth-order valence-electron chi connectivity index (χ4n) is 2.93. The normalized spacial score (nSPS) is 27.4. The van der Waals surface area contributed by atoms with E-state index in [4.69, 9.17) is 0 Å². The quantitative estimate of drug-likeness (QED) is 0.838. The number of nitrogens with one attached hydrogen (secondary N) is 1. The number of aromatic nitrogens is 1. The molecule has 0 saturated carbocycles. The van der Waals surface area contributed by atoms with Gasteiger partial charge in [-0.05, 0) is 54.5 Å². The zero-order valence-electron chi connectivity index (χ0n) is 10.0.